The molecule has 4 nitrogen and oxygen atoms in total. The van der Waals surface area contributed by atoms with E-state index in [0.29, 0.717) is 31.2 Å². The predicted octanol–water partition coefficient (Wildman–Crippen LogP) is 2.79. The largest absolute Gasteiger partial charge is 0.490 e. The van der Waals surface area contributed by atoms with E-state index >= 15 is 0 Å². The number of nitrogens with two attached hydrogens (primary N) is 1. The quantitative estimate of drug-likeness (QED) is 0.846. The lowest BCUT2D eigenvalue weighted by atomic mass is 9.86. The maximum Gasteiger partial charge on any atom is 0.224 e. The van der Waals surface area contributed by atoms with Crippen molar-refractivity contribution in [2.75, 3.05) is 18.5 Å². The van der Waals surface area contributed by atoms with Crippen LogP contribution in [0.25, 0.3) is 0 Å². The molecule has 0 radical (unpaired) electrons. The van der Waals surface area contributed by atoms with Gasteiger partial charge in [-0.2, -0.15) is 0 Å². The molecule has 3 rings (SSSR count). The molecule has 1 aromatic carbocycles. The fourth-order valence-corrected chi connectivity index (χ4v) is 3.93. The Bertz CT molecular complexity index is 503. The van der Waals surface area contributed by atoms with E-state index in [1.807, 2.05) is 24.3 Å². The molecule has 2 saturated carbocycles. The topological polar surface area (TPSA) is 64.3 Å². The molecule has 2 aliphatic carbocycles. The number of benzene rings is 1. The number of carbonyl (C=O) groups excluding carboxylic acids is 1. The van der Waals surface area contributed by atoms with E-state index in [2.05, 4.69) is 5.32 Å². The normalized spacial score (nSPS) is 26.8. The van der Waals surface area contributed by atoms with Crippen molar-refractivity contribution in [2.24, 2.45) is 23.5 Å². The third kappa shape index (κ3) is 3.38. The molecule has 3 atom stereocenters. The number of rotatable bonds is 6. The lowest BCUT2D eigenvalue weighted by Gasteiger charge is -2.21. The molecule has 3 N–H and O–H groups in total. The first kappa shape index (κ1) is 14.4. The summed E-state index contributed by atoms with van der Waals surface area (Å²) in [7, 11) is 0. The van der Waals surface area contributed by atoms with Crippen molar-refractivity contribution >= 4 is 11.6 Å². The van der Waals surface area contributed by atoms with Crippen molar-refractivity contribution in [3.8, 4) is 5.75 Å². The minimum Gasteiger partial charge on any atom is -0.490 e. The molecule has 1 aromatic rings. The standard InChI is InChI=1S/C17H24N2O2/c18-7-8-21-16-4-2-1-3-15(16)19-17(20)11-14-10-12-5-6-13(14)9-12/h1-4,12-14H,5-11,18H2,(H,19,20). The number of anilines is 1. The van der Waals surface area contributed by atoms with E-state index in [1.54, 1.807) is 0 Å². The van der Waals surface area contributed by atoms with E-state index in [-0.39, 0.29) is 5.91 Å². The third-order valence-electron chi connectivity index (χ3n) is 4.87. The number of carbonyl (C=O) groups is 1. The van der Waals surface area contributed by atoms with E-state index in [4.69, 9.17) is 10.5 Å². The monoisotopic (exact) mass is 288 g/mol. The van der Waals surface area contributed by atoms with Crippen LogP contribution in [0.3, 0.4) is 0 Å². The van der Waals surface area contributed by atoms with Gasteiger partial charge in [0.1, 0.15) is 12.4 Å². The summed E-state index contributed by atoms with van der Waals surface area (Å²) in [6, 6.07) is 7.55. The smallest absolute Gasteiger partial charge is 0.224 e. The fraction of sp³-hybridized carbons (Fsp3) is 0.588. The number of ether oxygens (including phenoxy) is 1. The van der Waals surface area contributed by atoms with Gasteiger partial charge in [0.15, 0.2) is 0 Å². The van der Waals surface area contributed by atoms with Crippen molar-refractivity contribution in [3.05, 3.63) is 24.3 Å². The molecule has 2 bridgehead atoms. The SMILES string of the molecule is NCCOc1ccccc1NC(=O)CC1CC2CCC1C2. The average Bonchev–Trinajstić information content (AvgIpc) is 3.09. The highest BCUT2D eigenvalue weighted by atomic mass is 16.5. The van der Waals surface area contributed by atoms with Crippen molar-refractivity contribution in [2.45, 2.75) is 32.1 Å². The van der Waals surface area contributed by atoms with Crippen molar-refractivity contribution in [1.82, 2.24) is 0 Å². The highest BCUT2D eigenvalue weighted by Crippen LogP contribution is 2.49. The second-order valence-electron chi connectivity index (χ2n) is 6.32. The van der Waals surface area contributed by atoms with Crippen LogP contribution >= 0.6 is 0 Å². The van der Waals surface area contributed by atoms with Crippen molar-refractivity contribution in [1.29, 1.82) is 0 Å². The van der Waals surface area contributed by atoms with Crippen molar-refractivity contribution in [3.63, 3.8) is 0 Å². The first-order chi connectivity index (χ1) is 10.3. The van der Waals surface area contributed by atoms with Crippen LogP contribution in [-0.2, 0) is 4.79 Å². The summed E-state index contributed by atoms with van der Waals surface area (Å²) in [6.07, 6.45) is 5.92. The summed E-state index contributed by atoms with van der Waals surface area (Å²) >= 11 is 0. The summed E-state index contributed by atoms with van der Waals surface area (Å²) in [6.45, 7) is 0.923. The summed E-state index contributed by atoms with van der Waals surface area (Å²) in [5.74, 6) is 3.05. The zero-order chi connectivity index (χ0) is 14.7. The Morgan fingerprint density at radius 3 is 2.86 bits per heavy atom. The van der Waals surface area contributed by atoms with Crippen LogP contribution in [0.1, 0.15) is 32.1 Å². The van der Waals surface area contributed by atoms with E-state index in [0.717, 1.165) is 17.5 Å². The number of amides is 1. The Labute approximate surface area is 126 Å². The maximum atomic E-state index is 12.3. The average molecular weight is 288 g/mol. The van der Waals surface area contributed by atoms with Gasteiger partial charge in [0, 0.05) is 13.0 Å². The van der Waals surface area contributed by atoms with Gasteiger partial charge in [-0.1, -0.05) is 18.6 Å². The highest BCUT2D eigenvalue weighted by Gasteiger charge is 2.40. The van der Waals surface area contributed by atoms with E-state index < -0.39 is 0 Å². The van der Waals surface area contributed by atoms with E-state index in [9.17, 15) is 4.79 Å². The first-order valence-corrected chi connectivity index (χ1v) is 7.98. The van der Waals surface area contributed by atoms with Crippen molar-refractivity contribution < 1.29 is 9.53 Å². The third-order valence-corrected chi connectivity index (χ3v) is 4.87. The minimum absolute atomic E-state index is 0.108. The van der Waals surface area contributed by atoms with Gasteiger partial charge in [0.25, 0.3) is 0 Å². The van der Waals surface area contributed by atoms with Gasteiger partial charge in [0.2, 0.25) is 5.91 Å². The summed E-state index contributed by atoms with van der Waals surface area (Å²) < 4.78 is 5.57. The molecule has 0 saturated heterocycles. The lowest BCUT2D eigenvalue weighted by Crippen LogP contribution is -2.21. The number of hydrogen-bond donors (Lipinski definition) is 2. The Kier molecular flexibility index (Phi) is 4.44. The van der Waals surface area contributed by atoms with Crippen LogP contribution < -0.4 is 15.8 Å². The summed E-state index contributed by atoms with van der Waals surface area (Å²) in [5, 5.41) is 3.00. The predicted molar refractivity (Wildman–Crippen MR) is 83.2 cm³/mol. The molecule has 21 heavy (non-hydrogen) atoms. The van der Waals surface area contributed by atoms with Crippen LogP contribution in [0.5, 0.6) is 5.75 Å². The second kappa shape index (κ2) is 6.48. The molecule has 0 aliphatic heterocycles. The molecular weight excluding hydrogens is 264 g/mol. The van der Waals surface area contributed by atoms with Crippen LogP contribution in [0, 0.1) is 17.8 Å². The van der Waals surface area contributed by atoms with Gasteiger partial charge < -0.3 is 15.8 Å². The molecule has 2 aliphatic rings. The van der Waals surface area contributed by atoms with Gasteiger partial charge in [0.05, 0.1) is 5.69 Å². The Balaban J connectivity index is 1.57. The van der Waals surface area contributed by atoms with Gasteiger partial charge >= 0.3 is 0 Å². The Hall–Kier alpha value is -1.55. The molecule has 114 valence electrons. The van der Waals surface area contributed by atoms with Gasteiger partial charge in [-0.05, 0) is 49.1 Å². The summed E-state index contributed by atoms with van der Waals surface area (Å²) in [5.41, 5.74) is 6.21. The zero-order valence-electron chi connectivity index (χ0n) is 12.4. The maximum absolute atomic E-state index is 12.3. The molecule has 4 heteroatoms. The molecular formula is C17H24N2O2. The van der Waals surface area contributed by atoms with Gasteiger partial charge in [-0.3, -0.25) is 4.79 Å². The Morgan fingerprint density at radius 1 is 1.29 bits per heavy atom. The number of para-hydroxylation sites is 2. The molecule has 1 amide bonds. The van der Waals surface area contributed by atoms with Gasteiger partial charge in [-0.15, -0.1) is 0 Å². The van der Waals surface area contributed by atoms with Crippen LogP contribution in [0.15, 0.2) is 24.3 Å². The van der Waals surface area contributed by atoms with Crippen LogP contribution in [0.2, 0.25) is 0 Å². The second-order valence-corrected chi connectivity index (χ2v) is 6.32. The minimum atomic E-state index is 0.108. The van der Waals surface area contributed by atoms with Gasteiger partial charge in [-0.25, -0.2) is 0 Å². The molecule has 0 aromatic heterocycles. The van der Waals surface area contributed by atoms with E-state index in [1.165, 1.54) is 25.7 Å². The summed E-state index contributed by atoms with van der Waals surface area (Å²) in [4.78, 5) is 12.3. The van der Waals surface area contributed by atoms with Crippen LogP contribution in [0.4, 0.5) is 5.69 Å². The zero-order valence-corrected chi connectivity index (χ0v) is 12.4. The molecule has 0 spiro atoms. The molecule has 3 unspecified atom stereocenters. The number of hydrogen-bond acceptors (Lipinski definition) is 3. The highest BCUT2D eigenvalue weighted by molar-refractivity contribution is 5.92. The molecule has 0 heterocycles. The first-order valence-electron chi connectivity index (χ1n) is 7.98. The Morgan fingerprint density at radius 2 is 2.14 bits per heavy atom. The fourth-order valence-electron chi connectivity index (χ4n) is 3.93. The number of fused-ring (bicyclic) bond motifs is 2. The number of nitrogens with one attached hydrogen (secondary N) is 1. The lowest BCUT2D eigenvalue weighted by molar-refractivity contribution is -0.117. The van der Waals surface area contributed by atoms with Crippen LogP contribution in [-0.4, -0.2) is 19.1 Å². The molecule has 2 fully saturated rings.